The van der Waals surface area contributed by atoms with Crippen molar-refractivity contribution in [3.8, 4) is 5.75 Å². The number of halogens is 1. The Morgan fingerprint density at radius 3 is 2.79 bits per heavy atom. The molecule has 3 rings (SSSR count). The maximum absolute atomic E-state index is 12.8. The number of fused-ring (bicyclic) bond motifs is 1. The van der Waals surface area contributed by atoms with Crippen LogP contribution in [0.3, 0.4) is 0 Å². The standard InChI is InChI=1S/C19H21ClN2O2/c1-4-15-11-22(17-9-12(2)5-8-18(17)24-15)19(23)21-14-7-6-13(3)16(20)10-14/h5-10,15H,4,11H2,1-3H3,(H,21,23)/t15-/m0/s1. The fraction of sp³-hybridized carbons (Fsp3) is 0.316. The smallest absolute Gasteiger partial charge is 0.326 e. The zero-order chi connectivity index (χ0) is 17.3. The summed E-state index contributed by atoms with van der Waals surface area (Å²) in [7, 11) is 0. The Kier molecular flexibility index (Phi) is 4.67. The molecule has 2 aromatic carbocycles. The van der Waals surface area contributed by atoms with Crippen molar-refractivity contribution in [2.45, 2.75) is 33.3 Å². The predicted molar refractivity (Wildman–Crippen MR) is 98.4 cm³/mol. The fourth-order valence-corrected chi connectivity index (χ4v) is 2.90. The van der Waals surface area contributed by atoms with Crippen LogP contribution in [0, 0.1) is 13.8 Å². The van der Waals surface area contributed by atoms with Gasteiger partial charge in [0.05, 0.1) is 12.2 Å². The van der Waals surface area contributed by atoms with Gasteiger partial charge in [-0.05, 0) is 55.7 Å². The summed E-state index contributed by atoms with van der Waals surface area (Å²) in [6.07, 6.45) is 0.834. The van der Waals surface area contributed by atoms with Gasteiger partial charge < -0.3 is 10.1 Å². The van der Waals surface area contributed by atoms with Crippen LogP contribution in [-0.4, -0.2) is 18.7 Å². The van der Waals surface area contributed by atoms with Crippen LogP contribution in [0.5, 0.6) is 5.75 Å². The number of urea groups is 1. The number of nitrogens with zero attached hydrogens (tertiary/aromatic N) is 1. The second-order valence-electron chi connectivity index (χ2n) is 6.12. The number of anilines is 2. The summed E-state index contributed by atoms with van der Waals surface area (Å²) in [5.74, 6) is 0.746. The number of aryl methyl sites for hydroxylation is 2. The van der Waals surface area contributed by atoms with E-state index in [9.17, 15) is 4.79 Å². The molecule has 1 atom stereocenters. The molecule has 0 unspecified atom stereocenters. The number of benzene rings is 2. The molecule has 0 aromatic heterocycles. The van der Waals surface area contributed by atoms with Gasteiger partial charge in [-0.3, -0.25) is 4.90 Å². The first-order chi connectivity index (χ1) is 11.5. The Labute approximate surface area is 147 Å². The maximum Gasteiger partial charge on any atom is 0.326 e. The van der Waals surface area contributed by atoms with Crippen molar-refractivity contribution in [3.63, 3.8) is 0 Å². The van der Waals surface area contributed by atoms with E-state index in [1.165, 1.54) is 0 Å². The molecule has 0 saturated heterocycles. The molecule has 0 spiro atoms. The summed E-state index contributed by atoms with van der Waals surface area (Å²) in [4.78, 5) is 14.6. The van der Waals surface area contributed by atoms with E-state index in [0.29, 0.717) is 17.3 Å². The van der Waals surface area contributed by atoms with Crippen LogP contribution in [0.2, 0.25) is 5.02 Å². The van der Waals surface area contributed by atoms with Crippen molar-refractivity contribution < 1.29 is 9.53 Å². The Morgan fingerprint density at radius 1 is 1.29 bits per heavy atom. The second-order valence-corrected chi connectivity index (χ2v) is 6.53. The molecule has 1 aliphatic heterocycles. The lowest BCUT2D eigenvalue weighted by atomic mass is 10.1. The van der Waals surface area contributed by atoms with Crippen molar-refractivity contribution in [2.24, 2.45) is 0 Å². The molecular weight excluding hydrogens is 324 g/mol. The van der Waals surface area contributed by atoms with Crippen LogP contribution < -0.4 is 15.0 Å². The first kappa shape index (κ1) is 16.7. The minimum atomic E-state index is -0.177. The van der Waals surface area contributed by atoms with E-state index < -0.39 is 0 Å². The van der Waals surface area contributed by atoms with Gasteiger partial charge in [-0.25, -0.2) is 4.79 Å². The third-order valence-corrected chi connectivity index (χ3v) is 4.62. The van der Waals surface area contributed by atoms with E-state index in [2.05, 4.69) is 12.2 Å². The van der Waals surface area contributed by atoms with Gasteiger partial charge in [-0.15, -0.1) is 0 Å². The first-order valence-corrected chi connectivity index (χ1v) is 8.47. The van der Waals surface area contributed by atoms with Crippen LogP contribution in [0.15, 0.2) is 36.4 Å². The topological polar surface area (TPSA) is 41.6 Å². The average Bonchev–Trinajstić information content (AvgIpc) is 2.57. The zero-order valence-electron chi connectivity index (χ0n) is 14.1. The van der Waals surface area contributed by atoms with E-state index >= 15 is 0 Å². The van der Waals surface area contributed by atoms with Crippen molar-refractivity contribution in [1.82, 2.24) is 0 Å². The number of carbonyl (C=O) groups is 1. The summed E-state index contributed by atoms with van der Waals surface area (Å²) in [6.45, 7) is 6.51. The lowest BCUT2D eigenvalue weighted by Gasteiger charge is -2.34. The Balaban J connectivity index is 1.88. The molecule has 24 heavy (non-hydrogen) atoms. The number of carbonyl (C=O) groups excluding carboxylic acids is 1. The van der Waals surface area contributed by atoms with Crippen LogP contribution in [-0.2, 0) is 0 Å². The molecular formula is C19H21ClN2O2. The van der Waals surface area contributed by atoms with Gasteiger partial charge in [0, 0.05) is 10.7 Å². The minimum Gasteiger partial charge on any atom is -0.486 e. The molecule has 5 heteroatoms. The highest BCUT2D eigenvalue weighted by molar-refractivity contribution is 6.31. The summed E-state index contributed by atoms with van der Waals surface area (Å²) >= 11 is 6.15. The molecule has 0 aliphatic carbocycles. The summed E-state index contributed by atoms with van der Waals surface area (Å²) in [5.41, 5.74) is 3.55. The molecule has 2 amide bonds. The number of hydrogen-bond acceptors (Lipinski definition) is 2. The summed E-state index contributed by atoms with van der Waals surface area (Å²) in [5, 5.41) is 3.57. The number of rotatable bonds is 2. The third-order valence-electron chi connectivity index (χ3n) is 4.21. The van der Waals surface area contributed by atoms with E-state index in [-0.39, 0.29) is 12.1 Å². The first-order valence-electron chi connectivity index (χ1n) is 8.10. The lowest BCUT2D eigenvalue weighted by Crippen LogP contribution is -2.45. The molecule has 0 bridgehead atoms. The maximum atomic E-state index is 12.8. The monoisotopic (exact) mass is 344 g/mol. The van der Waals surface area contributed by atoms with Crippen LogP contribution in [0.1, 0.15) is 24.5 Å². The largest absolute Gasteiger partial charge is 0.486 e. The molecule has 1 N–H and O–H groups in total. The van der Waals surface area contributed by atoms with Gasteiger partial charge in [0.25, 0.3) is 0 Å². The summed E-state index contributed by atoms with van der Waals surface area (Å²) in [6, 6.07) is 11.2. The molecule has 1 heterocycles. The van der Waals surface area contributed by atoms with Crippen molar-refractivity contribution in [1.29, 1.82) is 0 Å². The Morgan fingerprint density at radius 2 is 2.08 bits per heavy atom. The quantitative estimate of drug-likeness (QED) is 0.816. The third kappa shape index (κ3) is 3.34. The van der Waals surface area contributed by atoms with E-state index in [1.54, 1.807) is 11.0 Å². The van der Waals surface area contributed by atoms with Crippen molar-refractivity contribution in [3.05, 3.63) is 52.5 Å². The Bertz CT molecular complexity index is 776. The molecule has 2 aromatic rings. The summed E-state index contributed by atoms with van der Waals surface area (Å²) < 4.78 is 5.96. The van der Waals surface area contributed by atoms with Gasteiger partial charge in [0.15, 0.2) is 0 Å². The van der Waals surface area contributed by atoms with Crippen molar-refractivity contribution >= 4 is 29.0 Å². The van der Waals surface area contributed by atoms with E-state index in [1.807, 2.05) is 44.2 Å². The normalized spacial score (nSPS) is 16.3. The van der Waals surface area contributed by atoms with Crippen LogP contribution in [0.4, 0.5) is 16.2 Å². The average molecular weight is 345 g/mol. The molecule has 4 nitrogen and oxygen atoms in total. The highest BCUT2D eigenvalue weighted by Crippen LogP contribution is 2.35. The molecule has 0 saturated carbocycles. The number of hydrogen-bond donors (Lipinski definition) is 1. The molecule has 1 aliphatic rings. The molecule has 126 valence electrons. The van der Waals surface area contributed by atoms with Gasteiger partial charge in [-0.2, -0.15) is 0 Å². The van der Waals surface area contributed by atoms with E-state index in [0.717, 1.165) is 29.0 Å². The highest BCUT2D eigenvalue weighted by atomic mass is 35.5. The van der Waals surface area contributed by atoms with Crippen LogP contribution in [0.25, 0.3) is 0 Å². The molecule has 0 fully saturated rings. The van der Waals surface area contributed by atoms with Gasteiger partial charge in [0.2, 0.25) is 0 Å². The SMILES string of the molecule is CC[C@H]1CN(C(=O)Nc2ccc(C)c(Cl)c2)c2cc(C)ccc2O1. The van der Waals surface area contributed by atoms with Gasteiger partial charge in [-0.1, -0.05) is 30.7 Å². The number of amides is 2. The Hall–Kier alpha value is -2.20. The van der Waals surface area contributed by atoms with E-state index in [4.69, 9.17) is 16.3 Å². The van der Waals surface area contributed by atoms with Gasteiger partial charge in [0.1, 0.15) is 11.9 Å². The predicted octanol–water partition coefficient (Wildman–Crippen LogP) is 5.17. The minimum absolute atomic E-state index is 0.00689. The number of ether oxygens (including phenoxy) is 1. The lowest BCUT2D eigenvalue weighted by molar-refractivity contribution is 0.188. The fourth-order valence-electron chi connectivity index (χ4n) is 2.72. The number of nitrogens with one attached hydrogen (secondary N) is 1. The van der Waals surface area contributed by atoms with Crippen molar-refractivity contribution in [2.75, 3.05) is 16.8 Å². The molecule has 0 radical (unpaired) electrons. The second kappa shape index (κ2) is 6.73. The highest BCUT2D eigenvalue weighted by Gasteiger charge is 2.29. The van der Waals surface area contributed by atoms with Gasteiger partial charge >= 0.3 is 6.03 Å². The van der Waals surface area contributed by atoms with Crippen LogP contribution >= 0.6 is 11.6 Å². The zero-order valence-corrected chi connectivity index (χ0v) is 14.9.